The molecule has 2 bridgehead atoms. The summed E-state index contributed by atoms with van der Waals surface area (Å²) in [4.78, 5) is 30.5. The van der Waals surface area contributed by atoms with Crippen LogP contribution >= 0.6 is 0 Å². The van der Waals surface area contributed by atoms with E-state index < -0.39 is 0 Å². The maximum Gasteiger partial charge on any atom is 0.414 e. The van der Waals surface area contributed by atoms with Gasteiger partial charge in [0, 0.05) is 24.4 Å². The van der Waals surface area contributed by atoms with Crippen LogP contribution in [0.2, 0.25) is 0 Å². The molecule has 5 fully saturated rings. The van der Waals surface area contributed by atoms with Crippen LogP contribution in [0.5, 0.6) is 0 Å². The van der Waals surface area contributed by atoms with Crippen molar-refractivity contribution in [1.29, 1.82) is 0 Å². The minimum Gasteiger partial charge on any atom is -0.460 e. The van der Waals surface area contributed by atoms with E-state index >= 15 is 0 Å². The van der Waals surface area contributed by atoms with Gasteiger partial charge in [-0.2, -0.15) is 0 Å². The molecule has 1 spiro atoms. The van der Waals surface area contributed by atoms with Crippen LogP contribution in [0.4, 0.5) is 14.9 Å². The second kappa shape index (κ2) is 9.77. The normalized spacial score (nSPS) is 34.2. The van der Waals surface area contributed by atoms with Crippen molar-refractivity contribution in [3.63, 3.8) is 0 Å². The number of nitrogens with zero attached hydrogens (tertiary/aromatic N) is 2. The fourth-order valence-corrected chi connectivity index (χ4v) is 8.27. The maximum atomic E-state index is 14.4. The standard InChI is InChI=1S/C30H39FN2O5/c31-21-6-7-26-25(16-21)30(18-33(26)29(35)38-23-2-1-3-23)9-11-32(12-10-30)22-14-19-4-5-20(15-22)27(19)28(34)37-24-8-13-36-17-24/h6-7,16,19-20,22-24,27H,1-5,8-15,17-18H2/t19?,20?,22?,24-,27?/m1/s1. The number of benzene rings is 1. The van der Waals surface area contributed by atoms with Gasteiger partial charge in [0.1, 0.15) is 18.0 Å². The van der Waals surface area contributed by atoms with E-state index in [2.05, 4.69) is 4.90 Å². The number of anilines is 1. The van der Waals surface area contributed by atoms with Gasteiger partial charge in [-0.1, -0.05) is 0 Å². The molecule has 7 nitrogen and oxygen atoms in total. The first-order chi connectivity index (χ1) is 18.5. The number of esters is 1. The molecule has 3 saturated carbocycles. The summed E-state index contributed by atoms with van der Waals surface area (Å²) >= 11 is 0. The quantitative estimate of drug-likeness (QED) is 0.525. The number of hydrogen-bond donors (Lipinski definition) is 0. The number of ether oxygens (including phenoxy) is 3. The van der Waals surface area contributed by atoms with Crippen LogP contribution in [0, 0.1) is 23.6 Å². The first kappa shape index (κ1) is 24.8. The van der Waals surface area contributed by atoms with Crippen LogP contribution in [0.25, 0.3) is 0 Å². The second-order valence-electron chi connectivity index (χ2n) is 12.7. The predicted octanol–water partition coefficient (Wildman–Crippen LogP) is 4.81. The van der Waals surface area contributed by atoms with E-state index in [1.807, 2.05) is 0 Å². The first-order valence-corrected chi connectivity index (χ1v) is 14.8. The third kappa shape index (κ3) is 4.32. The molecule has 3 aliphatic heterocycles. The summed E-state index contributed by atoms with van der Waals surface area (Å²) in [6.07, 6.45) is 9.61. The molecule has 1 aromatic carbocycles. The Hall–Kier alpha value is -2.19. The number of amides is 1. The zero-order chi connectivity index (χ0) is 25.9. The number of hydrogen-bond acceptors (Lipinski definition) is 6. The zero-order valence-electron chi connectivity index (χ0n) is 22.1. The third-order valence-electron chi connectivity index (χ3n) is 10.6. The number of carbonyl (C=O) groups is 2. The Balaban J connectivity index is 1.01. The van der Waals surface area contributed by atoms with Gasteiger partial charge in [-0.3, -0.25) is 9.69 Å². The van der Waals surface area contributed by atoms with E-state index in [4.69, 9.17) is 14.2 Å². The summed E-state index contributed by atoms with van der Waals surface area (Å²) in [5.41, 5.74) is 1.55. The van der Waals surface area contributed by atoms with E-state index in [1.54, 1.807) is 17.0 Å². The minimum atomic E-state index is -0.284. The lowest BCUT2D eigenvalue weighted by atomic mass is 9.72. The van der Waals surface area contributed by atoms with Crippen LogP contribution in [0.3, 0.4) is 0 Å². The van der Waals surface area contributed by atoms with Crippen LogP contribution in [-0.4, -0.2) is 68.1 Å². The number of fused-ring (bicyclic) bond motifs is 4. The van der Waals surface area contributed by atoms with Gasteiger partial charge in [-0.05, 0) is 106 Å². The lowest BCUT2D eigenvalue weighted by molar-refractivity contribution is -0.159. The number of carbonyl (C=O) groups excluding carboxylic acids is 2. The van der Waals surface area contributed by atoms with Gasteiger partial charge < -0.3 is 19.1 Å². The molecule has 2 unspecified atom stereocenters. The Labute approximate surface area is 224 Å². The van der Waals surface area contributed by atoms with E-state index in [1.165, 1.54) is 6.07 Å². The van der Waals surface area contributed by atoms with Gasteiger partial charge in [0.2, 0.25) is 0 Å². The summed E-state index contributed by atoms with van der Waals surface area (Å²) in [7, 11) is 0. The Kier molecular flexibility index (Phi) is 6.38. The highest BCUT2D eigenvalue weighted by Crippen LogP contribution is 2.52. The molecule has 6 aliphatic rings. The summed E-state index contributed by atoms with van der Waals surface area (Å²) in [6, 6.07) is 5.34. The molecule has 3 heterocycles. The molecule has 3 atom stereocenters. The average Bonchev–Trinajstić information content (AvgIpc) is 3.58. The molecule has 0 radical (unpaired) electrons. The monoisotopic (exact) mass is 526 g/mol. The molecule has 0 N–H and O–H groups in total. The SMILES string of the molecule is O=C(O[C@@H]1CCOC1)C1C2CCC1CC(N1CCC3(CC1)CN(C(=O)OC1CCC1)c1ccc(F)cc13)C2. The molecule has 1 aromatic rings. The lowest BCUT2D eigenvalue weighted by Gasteiger charge is -2.46. The van der Waals surface area contributed by atoms with Gasteiger partial charge in [-0.25, -0.2) is 9.18 Å². The lowest BCUT2D eigenvalue weighted by Crippen LogP contribution is -2.51. The van der Waals surface area contributed by atoms with E-state index in [-0.39, 0.29) is 41.4 Å². The number of likely N-dealkylation sites (tertiary alicyclic amines) is 1. The van der Waals surface area contributed by atoms with E-state index in [9.17, 15) is 14.0 Å². The molecule has 7 rings (SSSR count). The molecular formula is C30H39FN2O5. The largest absolute Gasteiger partial charge is 0.460 e. The molecule has 0 aromatic heterocycles. The van der Waals surface area contributed by atoms with Crippen molar-refractivity contribution in [2.24, 2.45) is 17.8 Å². The van der Waals surface area contributed by atoms with E-state index in [0.29, 0.717) is 37.6 Å². The Bertz CT molecular complexity index is 1060. The highest BCUT2D eigenvalue weighted by atomic mass is 19.1. The Morgan fingerprint density at radius 3 is 2.39 bits per heavy atom. The summed E-state index contributed by atoms with van der Waals surface area (Å²) in [5.74, 6) is 0.612. The first-order valence-electron chi connectivity index (χ1n) is 14.8. The molecule has 8 heteroatoms. The van der Waals surface area contributed by atoms with Gasteiger partial charge in [0.15, 0.2) is 0 Å². The highest BCUT2D eigenvalue weighted by Gasteiger charge is 2.52. The van der Waals surface area contributed by atoms with Crippen molar-refractivity contribution in [2.75, 3.05) is 37.7 Å². The average molecular weight is 527 g/mol. The third-order valence-corrected chi connectivity index (χ3v) is 10.6. The van der Waals surface area contributed by atoms with Crippen molar-refractivity contribution >= 4 is 17.7 Å². The van der Waals surface area contributed by atoms with Crippen molar-refractivity contribution in [3.8, 4) is 0 Å². The smallest absolute Gasteiger partial charge is 0.414 e. The van der Waals surface area contributed by atoms with Crippen LogP contribution in [0.1, 0.15) is 69.8 Å². The van der Waals surface area contributed by atoms with Gasteiger partial charge in [0.05, 0.1) is 24.8 Å². The van der Waals surface area contributed by atoms with Crippen molar-refractivity contribution < 1.29 is 28.2 Å². The van der Waals surface area contributed by atoms with Crippen LogP contribution in [0.15, 0.2) is 18.2 Å². The summed E-state index contributed by atoms with van der Waals surface area (Å²) in [5, 5.41) is 0. The molecular weight excluding hydrogens is 487 g/mol. The van der Waals surface area contributed by atoms with E-state index in [0.717, 1.165) is 88.5 Å². The number of piperidine rings is 1. The summed E-state index contributed by atoms with van der Waals surface area (Å²) < 4.78 is 31.4. The molecule has 206 valence electrons. The fraction of sp³-hybridized carbons (Fsp3) is 0.733. The number of rotatable bonds is 4. The highest BCUT2D eigenvalue weighted by molar-refractivity contribution is 5.91. The Morgan fingerprint density at radius 1 is 0.974 bits per heavy atom. The molecule has 3 aliphatic carbocycles. The molecule has 2 saturated heterocycles. The fourth-order valence-electron chi connectivity index (χ4n) is 8.27. The van der Waals surface area contributed by atoms with Crippen molar-refractivity contribution in [2.45, 2.75) is 87.9 Å². The Morgan fingerprint density at radius 2 is 1.74 bits per heavy atom. The van der Waals surface area contributed by atoms with Crippen LogP contribution in [-0.2, 0) is 24.4 Å². The van der Waals surface area contributed by atoms with Gasteiger partial charge in [0.25, 0.3) is 0 Å². The van der Waals surface area contributed by atoms with Gasteiger partial charge >= 0.3 is 12.1 Å². The minimum absolute atomic E-state index is 0.00233. The topological polar surface area (TPSA) is 68.3 Å². The van der Waals surface area contributed by atoms with Crippen LogP contribution < -0.4 is 4.90 Å². The summed E-state index contributed by atoms with van der Waals surface area (Å²) in [6.45, 7) is 3.65. The van der Waals surface area contributed by atoms with Gasteiger partial charge in [-0.15, -0.1) is 0 Å². The molecule has 38 heavy (non-hydrogen) atoms. The predicted molar refractivity (Wildman–Crippen MR) is 138 cm³/mol. The van der Waals surface area contributed by atoms with Crippen molar-refractivity contribution in [1.82, 2.24) is 4.90 Å². The number of halogens is 1. The molecule has 1 amide bonds. The second-order valence-corrected chi connectivity index (χ2v) is 12.7. The zero-order valence-corrected chi connectivity index (χ0v) is 22.1. The van der Waals surface area contributed by atoms with Crippen molar-refractivity contribution in [3.05, 3.63) is 29.6 Å². The maximum absolute atomic E-state index is 14.4.